The summed E-state index contributed by atoms with van der Waals surface area (Å²) in [4.78, 5) is 57.7. The third kappa shape index (κ3) is 6.94. The van der Waals surface area contributed by atoms with Crippen molar-refractivity contribution in [1.29, 1.82) is 0 Å². The molecule has 0 radical (unpaired) electrons. The van der Waals surface area contributed by atoms with Crippen LogP contribution in [0.1, 0.15) is 34.3 Å². The summed E-state index contributed by atoms with van der Waals surface area (Å²) >= 11 is 0.816. The minimum atomic E-state index is -1.32. The Morgan fingerprint density at radius 1 is 1.09 bits per heavy atom. The molecule has 1 heterocycles. The van der Waals surface area contributed by atoms with Crippen molar-refractivity contribution in [1.82, 2.24) is 10.6 Å². The lowest BCUT2D eigenvalue weighted by Crippen LogP contribution is -2.41. The molecule has 2 aromatic rings. The summed E-state index contributed by atoms with van der Waals surface area (Å²) < 4.78 is 5.77. The van der Waals surface area contributed by atoms with Gasteiger partial charge in [0.25, 0.3) is 17.1 Å². The average Bonchev–Trinajstić information content (AvgIpc) is 3.11. The molecule has 0 spiro atoms. The lowest BCUT2D eigenvalue weighted by Gasteiger charge is -2.14. The van der Waals surface area contributed by atoms with E-state index in [0.717, 1.165) is 11.8 Å². The second-order valence-corrected chi connectivity index (χ2v) is 8.23. The Morgan fingerprint density at radius 3 is 2.53 bits per heavy atom. The van der Waals surface area contributed by atoms with Gasteiger partial charge in [-0.3, -0.25) is 24.5 Å². The third-order valence-electron chi connectivity index (χ3n) is 4.64. The Labute approximate surface area is 198 Å². The van der Waals surface area contributed by atoms with Crippen LogP contribution in [0.2, 0.25) is 0 Å². The van der Waals surface area contributed by atoms with Crippen LogP contribution in [-0.4, -0.2) is 45.2 Å². The van der Waals surface area contributed by atoms with Crippen molar-refractivity contribution in [2.24, 2.45) is 0 Å². The highest BCUT2D eigenvalue weighted by molar-refractivity contribution is 8.18. The smallest absolute Gasteiger partial charge is 0.326 e. The number of carboxylic acids is 2. The van der Waals surface area contributed by atoms with Gasteiger partial charge in [-0.1, -0.05) is 24.3 Å². The molecular weight excluding hydrogens is 464 g/mol. The highest BCUT2D eigenvalue weighted by Gasteiger charge is 2.25. The van der Waals surface area contributed by atoms with Gasteiger partial charge in [-0.05, 0) is 59.7 Å². The van der Waals surface area contributed by atoms with Crippen molar-refractivity contribution >= 4 is 46.8 Å². The molecule has 1 saturated heterocycles. The van der Waals surface area contributed by atoms with E-state index < -0.39 is 35.0 Å². The van der Waals surface area contributed by atoms with Crippen LogP contribution in [0.25, 0.3) is 6.08 Å². The van der Waals surface area contributed by atoms with E-state index in [1.165, 1.54) is 6.07 Å². The minimum absolute atomic E-state index is 0.107. The molecule has 1 aliphatic heterocycles. The molecule has 1 aliphatic rings. The van der Waals surface area contributed by atoms with E-state index in [1.807, 2.05) is 0 Å². The van der Waals surface area contributed by atoms with Crippen LogP contribution in [-0.2, 0) is 21.0 Å². The number of nitrogens with one attached hydrogen (secondary N) is 2. The summed E-state index contributed by atoms with van der Waals surface area (Å²) in [5, 5.41) is 22.0. The zero-order valence-electron chi connectivity index (χ0n) is 17.6. The number of carbonyl (C=O) groups is 5. The molecule has 0 aliphatic carbocycles. The summed E-state index contributed by atoms with van der Waals surface area (Å²) in [5.41, 5.74) is 1.51. The lowest BCUT2D eigenvalue weighted by molar-refractivity contribution is -0.140. The number of hydrogen-bond acceptors (Lipinski definition) is 7. The Hall–Kier alpha value is -4.12. The minimum Gasteiger partial charge on any atom is -0.489 e. The van der Waals surface area contributed by atoms with Gasteiger partial charge in [-0.25, -0.2) is 4.79 Å². The Kier molecular flexibility index (Phi) is 8.04. The third-order valence-corrected chi connectivity index (χ3v) is 5.45. The number of carbonyl (C=O) groups excluding carboxylic acids is 3. The average molecular weight is 484 g/mol. The van der Waals surface area contributed by atoms with E-state index in [2.05, 4.69) is 10.6 Å². The molecule has 4 N–H and O–H groups in total. The first-order valence-electron chi connectivity index (χ1n) is 10.0. The van der Waals surface area contributed by atoms with Crippen LogP contribution >= 0.6 is 11.8 Å². The normalized spacial score (nSPS) is 15.0. The van der Waals surface area contributed by atoms with Crippen LogP contribution in [0.4, 0.5) is 4.79 Å². The van der Waals surface area contributed by atoms with Crippen LogP contribution in [0.3, 0.4) is 0 Å². The largest absolute Gasteiger partial charge is 0.489 e. The highest BCUT2D eigenvalue weighted by atomic mass is 32.2. The molecule has 3 rings (SSSR count). The van der Waals surface area contributed by atoms with Crippen LogP contribution < -0.4 is 15.4 Å². The molecule has 1 atom stereocenters. The fraction of sp³-hybridized carbons (Fsp3) is 0.174. The Balaban J connectivity index is 1.63. The number of thioether (sulfide) groups is 1. The van der Waals surface area contributed by atoms with Gasteiger partial charge in [0.2, 0.25) is 0 Å². The molecule has 34 heavy (non-hydrogen) atoms. The number of imide groups is 1. The predicted octanol–water partition coefficient (Wildman–Crippen LogP) is 2.64. The maximum atomic E-state index is 12.5. The van der Waals surface area contributed by atoms with Gasteiger partial charge in [0.15, 0.2) is 0 Å². The Bertz CT molecular complexity index is 1180. The van der Waals surface area contributed by atoms with Gasteiger partial charge in [-0.2, -0.15) is 0 Å². The van der Waals surface area contributed by atoms with E-state index in [4.69, 9.17) is 9.84 Å². The number of hydrogen-bond donors (Lipinski definition) is 4. The summed E-state index contributed by atoms with van der Waals surface area (Å²) in [7, 11) is 0. The second-order valence-electron chi connectivity index (χ2n) is 7.21. The first-order chi connectivity index (χ1) is 16.2. The first-order valence-corrected chi connectivity index (χ1v) is 10.8. The van der Waals surface area contributed by atoms with E-state index in [-0.39, 0.29) is 29.9 Å². The molecule has 0 unspecified atom stereocenters. The summed E-state index contributed by atoms with van der Waals surface area (Å²) in [6, 6.07) is 12.0. The predicted molar refractivity (Wildman–Crippen MR) is 122 cm³/mol. The molecule has 1 fully saturated rings. The van der Waals surface area contributed by atoms with E-state index in [0.29, 0.717) is 16.9 Å². The topological polar surface area (TPSA) is 159 Å². The standard InChI is InChI=1S/C23H20N2O8S/c26-19(27)8-7-17(22(30)31)24-20(28)15-5-1-4-14(9-15)12-33-16-6-2-3-13(10-16)11-18-21(29)25-23(32)34-18/h1-6,9-11,17H,7-8,12H2,(H,24,28)(H,26,27)(H,30,31)(H,25,29,32)/b18-11-/t17-/m1/s1. The molecule has 0 saturated carbocycles. The van der Waals surface area contributed by atoms with Crippen molar-refractivity contribution < 1.29 is 38.9 Å². The molecular formula is C23H20N2O8S. The van der Waals surface area contributed by atoms with Crippen molar-refractivity contribution in [2.45, 2.75) is 25.5 Å². The molecule has 10 nitrogen and oxygen atoms in total. The van der Waals surface area contributed by atoms with Gasteiger partial charge in [0, 0.05) is 12.0 Å². The molecule has 0 aromatic heterocycles. The highest BCUT2D eigenvalue weighted by Crippen LogP contribution is 2.26. The summed E-state index contributed by atoms with van der Waals surface area (Å²) in [5.74, 6) is -3.07. The number of amides is 3. The zero-order chi connectivity index (χ0) is 24.7. The SMILES string of the molecule is O=C(O)CC[C@@H](NC(=O)c1cccc(COc2cccc(/C=C3\SC(=O)NC3=O)c2)c1)C(=O)O. The first kappa shape index (κ1) is 24.5. The van der Waals surface area contributed by atoms with Crippen LogP contribution in [0.15, 0.2) is 53.4 Å². The molecule has 2 aromatic carbocycles. The molecule has 176 valence electrons. The fourth-order valence-electron chi connectivity index (χ4n) is 3.00. The number of ether oxygens (including phenoxy) is 1. The maximum Gasteiger partial charge on any atom is 0.326 e. The van der Waals surface area contributed by atoms with Crippen LogP contribution in [0, 0.1) is 0 Å². The quantitative estimate of drug-likeness (QED) is 0.372. The molecule has 11 heteroatoms. The number of carboxylic acid groups (broad SMARTS) is 2. The van der Waals surface area contributed by atoms with E-state index in [9.17, 15) is 29.1 Å². The number of rotatable bonds is 10. The van der Waals surface area contributed by atoms with Gasteiger partial charge < -0.3 is 20.3 Å². The van der Waals surface area contributed by atoms with E-state index in [1.54, 1.807) is 48.5 Å². The van der Waals surface area contributed by atoms with Crippen molar-refractivity contribution in [3.8, 4) is 5.75 Å². The zero-order valence-corrected chi connectivity index (χ0v) is 18.5. The van der Waals surface area contributed by atoms with Gasteiger partial charge in [-0.15, -0.1) is 0 Å². The molecule has 3 amide bonds. The van der Waals surface area contributed by atoms with Crippen LogP contribution in [0.5, 0.6) is 5.75 Å². The van der Waals surface area contributed by atoms with Crippen molar-refractivity contribution in [3.63, 3.8) is 0 Å². The number of aliphatic carboxylic acids is 2. The van der Waals surface area contributed by atoms with Crippen molar-refractivity contribution in [2.75, 3.05) is 0 Å². The lowest BCUT2D eigenvalue weighted by atomic mass is 10.1. The van der Waals surface area contributed by atoms with Gasteiger partial charge in [0.05, 0.1) is 4.91 Å². The Morgan fingerprint density at radius 2 is 1.85 bits per heavy atom. The maximum absolute atomic E-state index is 12.5. The summed E-state index contributed by atoms with van der Waals surface area (Å²) in [6.07, 6.45) is 0.951. The van der Waals surface area contributed by atoms with E-state index >= 15 is 0 Å². The van der Waals surface area contributed by atoms with Gasteiger partial charge >= 0.3 is 11.9 Å². The van der Waals surface area contributed by atoms with Gasteiger partial charge in [0.1, 0.15) is 18.4 Å². The van der Waals surface area contributed by atoms with Crippen molar-refractivity contribution in [3.05, 3.63) is 70.1 Å². The second kappa shape index (κ2) is 11.1. The number of benzene rings is 2. The fourth-order valence-corrected chi connectivity index (χ4v) is 3.68. The monoisotopic (exact) mass is 484 g/mol. The molecule has 0 bridgehead atoms. The summed E-state index contributed by atoms with van der Waals surface area (Å²) in [6.45, 7) is 0.107.